The molecule has 1 aromatic carbocycles. The first-order chi connectivity index (χ1) is 9.15. The highest BCUT2D eigenvalue weighted by atomic mass is 32.2. The van der Waals surface area contributed by atoms with Gasteiger partial charge in [-0.1, -0.05) is 25.1 Å². The van der Waals surface area contributed by atoms with Gasteiger partial charge in [-0.2, -0.15) is 5.10 Å². The van der Waals surface area contributed by atoms with Crippen LogP contribution in [0, 0.1) is 0 Å². The molecule has 0 fully saturated rings. The van der Waals surface area contributed by atoms with Gasteiger partial charge in [0.1, 0.15) is 0 Å². The summed E-state index contributed by atoms with van der Waals surface area (Å²) in [4.78, 5) is 1.13. The molecule has 102 valence electrons. The van der Waals surface area contributed by atoms with E-state index in [1.807, 2.05) is 42.3 Å². The Morgan fingerprint density at radius 2 is 2.11 bits per heavy atom. The predicted molar refractivity (Wildman–Crippen MR) is 79.5 cm³/mol. The zero-order chi connectivity index (χ0) is 13.8. The van der Waals surface area contributed by atoms with Crippen molar-refractivity contribution < 1.29 is 5.11 Å². The van der Waals surface area contributed by atoms with Gasteiger partial charge in [0, 0.05) is 24.1 Å². The van der Waals surface area contributed by atoms with Crippen LogP contribution < -0.4 is 0 Å². The van der Waals surface area contributed by atoms with Crippen molar-refractivity contribution in [3.05, 3.63) is 47.3 Å². The first-order valence-corrected chi connectivity index (χ1v) is 7.71. The molecule has 0 spiro atoms. The largest absolute Gasteiger partial charge is 0.388 e. The van der Waals surface area contributed by atoms with Crippen LogP contribution in [-0.4, -0.2) is 21.1 Å². The van der Waals surface area contributed by atoms with Crippen molar-refractivity contribution in [3.63, 3.8) is 0 Å². The minimum Gasteiger partial charge on any atom is -0.388 e. The topological polar surface area (TPSA) is 38.0 Å². The lowest BCUT2D eigenvalue weighted by molar-refractivity contribution is 0.173. The fourth-order valence-electron chi connectivity index (χ4n) is 2.19. The Bertz CT molecular complexity index is 551. The van der Waals surface area contributed by atoms with Gasteiger partial charge < -0.3 is 5.11 Å². The van der Waals surface area contributed by atoms with E-state index in [1.165, 1.54) is 0 Å². The van der Waals surface area contributed by atoms with Crippen LogP contribution >= 0.6 is 11.8 Å². The Morgan fingerprint density at radius 3 is 2.74 bits per heavy atom. The molecule has 0 bridgehead atoms. The van der Waals surface area contributed by atoms with Crippen LogP contribution in [-0.2, 0) is 19.9 Å². The molecule has 4 heteroatoms. The van der Waals surface area contributed by atoms with E-state index >= 15 is 0 Å². The Balaban J connectivity index is 2.20. The van der Waals surface area contributed by atoms with Gasteiger partial charge in [0.05, 0.1) is 11.8 Å². The number of hydrogen-bond acceptors (Lipinski definition) is 3. The maximum atomic E-state index is 10.4. The molecule has 2 rings (SSSR count). The Labute approximate surface area is 118 Å². The molecule has 0 saturated carbocycles. The summed E-state index contributed by atoms with van der Waals surface area (Å²) in [5.74, 6) is 0. The fourth-order valence-corrected chi connectivity index (χ4v) is 2.84. The molecule has 2 aromatic rings. The second-order valence-corrected chi connectivity index (χ2v) is 5.41. The maximum absolute atomic E-state index is 10.4. The molecule has 1 atom stereocenters. The molecule has 0 aliphatic rings. The summed E-state index contributed by atoms with van der Waals surface area (Å²) < 4.78 is 1.86. The number of benzene rings is 1. The van der Waals surface area contributed by atoms with Crippen molar-refractivity contribution in [1.29, 1.82) is 0 Å². The lowest BCUT2D eigenvalue weighted by Gasteiger charge is -2.14. The van der Waals surface area contributed by atoms with Crippen molar-refractivity contribution in [3.8, 4) is 0 Å². The molecule has 1 unspecified atom stereocenters. The van der Waals surface area contributed by atoms with Crippen molar-refractivity contribution in [2.24, 2.45) is 7.05 Å². The summed E-state index contributed by atoms with van der Waals surface area (Å²) in [5.41, 5.74) is 3.14. The van der Waals surface area contributed by atoms with Gasteiger partial charge in [-0.05, 0) is 30.4 Å². The van der Waals surface area contributed by atoms with E-state index in [9.17, 15) is 5.11 Å². The normalized spacial score (nSPS) is 12.6. The van der Waals surface area contributed by atoms with Crippen molar-refractivity contribution in [1.82, 2.24) is 9.78 Å². The number of aliphatic hydroxyl groups excluding tert-OH is 1. The first-order valence-electron chi connectivity index (χ1n) is 6.48. The number of thioether (sulfide) groups is 1. The van der Waals surface area contributed by atoms with Crippen LogP contribution in [0.25, 0.3) is 0 Å². The summed E-state index contributed by atoms with van der Waals surface area (Å²) in [7, 11) is 1.93. The highest BCUT2D eigenvalue weighted by molar-refractivity contribution is 7.98. The number of nitrogens with zero attached hydrogens (tertiary/aromatic N) is 2. The summed E-state index contributed by atoms with van der Waals surface area (Å²) in [6.45, 7) is 2.09. The average molecular weight is 276 g/mol. The van der Waals surface area contributed by atoms with Crippen LogP contribution in [0.15, 0.2) is 35.2 Å². The van der Waals surface area contributed by atoms with Crippen molar-refractivity contribution >= 4 is 11.8 Å². The van der Waals surface area contributed by atoms with Crippen LogP contribution in [0.5, 0.6) is 0 Å². The van der Waals surface area contributed by atoms with Gasteiger partial charge in [-0.25, -0.2) is 0 Å². The molecule has 1 heterocycles. The molecular weight excluding hydrogens is 256 g/mol. The van der Waals surface area contributed by atoms with E-state index in [1.54, 1.807) is 11.8 Å². The van der Waals surface area contributed by atoms with Gasteiger partial charge >= 0.3 is 0 Å². The van der Waals surface area contributed by atoms with Crippen LogP contribution in [0.4, 0.5) is 0 Å². The summed E-state index contributed by atoms with van der Waals surface area (Å²) >= 11 is 1.67. The quantitative estimate of drug-likeness (QED) is 0.853. The van der Waals surface area contributed by atoms with Crippen molar-refractivity contribution in [2.45, 2.75) is 30.8 Å². The highest BCUT2D eigenvalue weighted by Gasteiger charge is 2.15. The molecule has 0 aliphatic heterocycles. The lowest BCUT2D eigenvalue weighted by Crippen LogP contribution is -2.07. The lowest BCUT2D eigenvalue weighted by atomic mass is 10.0. The Kier molecular flexibility index (Phi) is 4.66. The minimum absolute atomic E-state index is 0.483. The summed E-state index contributed by atoms with van der Waals surface area (Å²) in [6, 6.07) is 10.1. The second kappa shape index (κ2) is 6.26. The summed E-state index contributed by atoms with van der Waals surface area (Å²) in [6.07, 6.45) is 3.07. The zero-order valence-corrected chi connectivity index (χ0v) is 12.4. The number of aromatic nitrogens is 2. The molecule has 1 N–H and O–H groups in total. The molecule has 0 saturated heterocycles. The smallest absolute Gasteiger partial charge is 0.0856 e. The third-order valence-electron chi connectivity index (χ3n) is 3.29. The standard InChI is InChI=1S/C15H20N2OS/c1-4-11-9-12(17(2)16-11)10-14(18)13-7-5-6-8-15(13)19-3/h5-9,14,18H,4,10H2,1-3H3. The molecule has 0 amide bonds. The zero-order valence-electron chi connectivity index (χ0n) is 11.6. The predicted octanol–water partition coefficient (Wildman–Crippen LogP) is 2.98. The number of aliphatic hydroxyl groups is 1. The second-order valence-electron chi connectivity index (χ2n) is 4.57. The Hall–Kier alpha value is -1.26. The number of hydrogen-bond donors (Lipinski definition) is 1. The number of aryl methyl sites for hydroxylation is 2. The maximum Gasteiger partial charge on any atom is 0.0856 e. The van der Waals surface area contributed by atoms with Gasteiger partial charge in [0.15, 0.2) is 0 Å². The molecular formula is C15H20N2OS. The molecule has 3 nitrogen and oxygen atoms in total. The minimum atomic E-state index is -0.483. The third kappa shape index (κ3) is 3.19. The van der Waals surface area contributed by atoms with Crippen LogP contribution in [0.3, 0.4) is 0 Å². The molecule has 0 radical (unpaired) electrons. The monoisotopic (exact) mass is 276 g/mol. The molecule has 1 aromatic heterocycles. The molecule has 19 heavy (non-hydrogen) atoms. The van der Waals surface area contributed by atoms with E-state index in [2.05, 4.69) is 18.1 Å². The fraction of sp³-hybridized carbons (Fsp3) is 0.400. The van der Waals surface area contributed by atoms with E-state index in [4.69, 9.17) is 0 Å². The van der Waals surface area contributed by atoms with E-state index in [0.29, 0.717) is 6.42 Å². The van der Waals surface area contributed by atoms with Crippen LogP contribution in [0.2, 0.25) is 0 Å². The van der Waals surface area contributed by atoms with E-state index in [0.717, 1.165) is 28.3 Å². The van der Waals surface area contributed by atoms with E-state index < -0.39 is 6.10 Å². The van der Waals surface area contributed by atoms with Gasteiger partial charge in [0.2, 0.25) is 0 Å². The van der Waals surface area contributed by atoms with Gasteiger partial charge in [0.25, 0.3) is 0 Å². The average Bonchev–Trinajstić information content (AvgIpc) is 2.79. The molecule has 0 aliphatic carbocycles. The third-order valence-corrected chi connectivity index (χ3v) is 4.10. The highest BCUT2D eigenvalue weighted by Crippen LogP contribution is 2.27. The van der Waals surface area contributed by atoms with Crippen molar-refractivity contribution in [2.75, 3.05) is 6.26 Å². The van der Waals surface area contributed by atoms with E-state index in [-0.39, 0.29) is 0 Å². The van der Waals surface area contributed by atoms with Crippen LogP contribution in [0.1, 0.15) is 30.0 Å². The van der Waals surface area contributed by atoms with Gasteiger partial charge in [-0.3, -0.25) is 4.68 Å². The SMILES string of the molecule is CCc1cc(CC(O)c2ccccc2SC)n(C)n1. The summed E-state index contributed by atoms with van der Waals surface area (Å²) in [5, 5.41) is 14.9. The Morgan fingerprint density at radius 1 is 1.37 bits per heavy atom. The number of rotatable bonds is 5. The van der Waals surface area contributed by atoms with Gasteiger partial charge in [-0.15, -0.1) is 11.8 Å². The first kappa shape index (κ1) is 14.2.